The number of morpholine rings is 1. The van der Waals surface area contributed by atoms with E-state index in [-0.39, 0.29) is 12.2 Å². The van der Waals surface area contributed by atoms with Crippen molar-refractivity contribution >= 4 is 11.2 Å². The molecule has 5 rings (SSSR count). The number of aromatic nitrogens is 2. The van der Waals surface area contributed by atoms with E-state index in [0.717, 1.165) is 43.3 Å². The first kappa shape index (κ1) is 17.0. The third-order valence-corrected chi connectivity index (χ3v) is 6.28. The van der Waals surface area contributed by atoms with E-state index in [0.29, 0.717) is 11.7 Å². The average molecular weight is 366 g/mol. The number of piperidine rings is 1. The molecule has 5 heterocycles. The van der Waals surface area contributed by atoms with Gasteiger partial charge in [-0.3, -0.25) is 4.90 Å². The molecule has 3 fully saturated rings. The van der Waals surface area contributed by atoms with Crippen LogP contribution in [-0.4, -0.2) is 72.0 Å². The number of ether oxygens (including phenoxy) is 1. The van der Waals surface area contributed by atoms with E-state index >= 15 is 0 Å². The van der Waals surface area contributed by atoms with Gasteiger partial charge in [-0.05, 0) is 44.0 Å². The van der Waals surface area contributed by atoms with E-state index < -0.39 is 0 Å². The molecular formula is C20H26N6O. The molecule has 0 aromatic carbocycles. The number of pyridine rings is 1. The lowest BCUT2D eigenvalue weighted by Gasteiger charge is -2.53. The van der Waals surface area contributed by atoms with Gasteiger partial charge in [0.25, 0.3) is 0 Å². The predicted molar refractivity (Wildman–Crippen MR) is 103 cm³/mol. The summed E-state index contributed by atoms with van der Waals surface area (Å²) in [5, 5.41) is 17.2. The molecule has 0 amide bonds. The second-order valence-electron chi connectivity index (χ2n) is 8.09. The van der Waals surface area contributed by atoms with Crippen LogP contribution >= 0.6 is 0 Å². The Kier molecular flexibility index (Phi) is 4.27. The fraction of sp³-hybridized carbons (Fsp3) is 0.600. The van der Waals surface area contributed by atoms with Crippen LogP contribution in [0.5, 0.6) is 0 Å². The van der Waals surface area contributed by atoms with Crippen LogP contribution in [0.3, 0.4) is 0 Å². The number of nitrogens with one attached hydrogen (secondary N) is 1. The highest BCUT2D eigenvalue weighted by atomic mass is 16.5. The predicted octanol–water partition coefficient (Wildman–Crippen LogP) is 1.09. The van der Waals surface area contributed by atoms with Crippen molar-refractivity contribution in [2.24, 2.45) is 5.92 Å². The second-order valence-corrected chi connectivity index (χ2v) is 8.09. The summed E-state index contributed by atoms with van der Waals surface area (Å²) in [6.45, 7) is 8.37. The maximum atomic E-state index is 9.31. The SMILES string of the molecule is C[C@@H]1CN(c2ccc(C#N)n3nccc23)C[C@H](CN2CC3CCNCC32)O1. The Morgan fingerprint density at radius 2 is 2.22 bits per heavy atom. The minimum absolute atomic E-state index is 0.184. The van der Waals surface area contributed by atoms with E-state index in [9.17, 15) is 5.26 Å². The molecule has 2 aromatic rings. The number of hydrogen-bond acceptors (Lipinski definition) is 6. The normalized spacial score (nSPS) is 31.3. The Labute approximate surface area is 159 Å². The molecule has 2 unspecified atom stereocenters. The van der Waals surface area contributed by atoms with Gasteiger partial charge in [-0.25, -0.2) is 4.52 Å². The summed E-state index contributed by atoms with van der Waals surface area (Å²) in [7, 11) is 0. The Bertz CT molecular complexity index is 873. The van der Waals surface area contributed by atoms with E-state index in [4.69, 9.17) is 4.74 Å². The van der Waals surface area contributed by atoms with Crippen molar-refractivity contribution in [3.63, 3.8) is 0 Å². The standard InChI is InChI=1S/C20H26N6O/c1-14-10-24(18-3-2-16(8-21)26-19(18)5-7-23-26)12-17(27-14)13-25-11-15-4-6-22-9-20(15)25/h2-3,5,7,14-15,17,20,22H,4,6,9-13H2,1H3/t14-,15?,17-,20?/m1/s1. The lowest BCUT2D eigenvalue weighted by Crippen LogP contribution is -2.65. The molecule has 3 aliphatic heterocycles. The van der Waals surface area contributed by atoms with Gasteiger partial charge in [0.2, 0.25) is 0 Å². The van der Waals surface area contributed by atoms with E-state index in [1.54, 1.807) is 10.7 Å². The maximum Gasteiger partial charge on any atom is 0.142 e. The molecule has 0 spiro atoms. The average Bonchev–Trinajstić information content (AvgIpc) is 3.15. The molecule has 1 N–H and O–H groups in total. The van der Waals surface area contributed by atoms with Gasteiger partial charge in [0.1, 0.15) is 11.8 Å². The molecular weight excluding hydrogens is 340 g/mol. The summed E-state index contributed by atoms with van der Waals surface area (Å²) in [5.41, 5.74) is 2.68. The Hall–Kier alpha value is -2.14. The lowest BCUT2D eigenvalue weighted by molar-refractivity contribution is -0.0777. The first-order valence-electron chi connectivity index (χ1n) is 9.95. The smallest absolute Gasteiger partial charge is 0.142 e. The number of anilines is 1. The van der Waals surface area contributed by atoms with E-state index in [1.807, 2.05) is 12.1 Å². The summed E-state index contributed by atoms with van der Waals surface area (Å²) in [5.74, 6) is 0.869. The minimum atomic E-state index is 0.184. The first-order valence-corrected chi connectivity index (χ1v) is 9.95. The fourth-order valence-electron chi connectivity index (χ4n) is 5.00. The van der Waals surface area contributed by atoms with Gasteiger partial charge in [0.05, 0.1) is 29.6 Å². The molecule has 27 heavy (non-hydrogen) atoms. The number of fused-ring (bicyclic) bond motifs is 2. The van der Waals surface area contributed by atoms with Gasteiger partial charge in [0.15, 0.2) is 0 Å². The van der Waals surface area contributed by atoms with Crippen LogP contribution in [0.1, 0.15) is 19.0 Å². The quantitative estimate of drug-likeness (QED) is 0.877. The van der Waals surface area contributed by atoms with E-state index in [1.165, 1.54) is 19.5 Å². The highest BCUT2D eigenvalue weighted by Gasteiger charge is 2.41. The Morgan fingerprint density at radius 3 is 3.07 bits per heavy atom. The van der Waals surface area contributed by atoms with Gasteiger partial charge in [-0.2, -0.15) is 10.4 Å². The fourth-order valence-corrected chi connectivity index (χ4v) is 5.00. The Morgan fingerprint density at radius 1 is 1.30 bits per heavy atom. The van der Waals surface area contributed by atoms with Crippen LogP contribution in [0.15, 0.2) is 24.4 Å². The van der Waals surface area contributed by atoms with Crippen molar-refractivity contribution in [2.45, 2.75) is 31.6 Å². The molecule has 0 bridgehead atoms. The summed E-state index contributed by atoms with van der Waals surface area (Å²) < 4.78 is 8.02. The topological polar surface area (TPSA) is 68.8 Å². The highest BCUT2D eigenvalue weighted by molar-refractivity contribution is 5.74. The van der Waals surface area contributed by atoms with Crippen molar-refractivity contribution in [1.29, 1.82) is 5.26 Å². The molecule has 2 aromatic heterocycles. The van der Waals surface area contributed by atoms with Gasteiger partial charge in [-0.15, -0.1) is 0 Å². The summed E-state index contributed by atoms with van der Waals surface area (Å²) in [6, 6.07) is 8.80. The molecule has 7 heteroatoms. The van der Waals surface area contributed by atoms with Crippen LogP contribution in [0.25, 0.3) is 5.52 Å². The second kappa shape index (κ2) is 6.79. The molecule has 7 nitrogen and oxygen atoms in total. The molecule has 0 saturated carbocycles. The summed E-state index contributed by atoms with van der Waals surface area (Å²) in [4.78, 5) is 4.98. The third-order valence-electron chi connectivity index (χ3n) is 6.28. The zero-order valence-corrected chi connectivity index (χ0v) is 15.7. The van der Waals surface area contributed by atoms with Gasteiger partial charge in [0, 0.05) is 38.8 Å². The van der Waals surface area contributed by atoms with Crippen molar-refractivity contribution in [3.8, 4) is 6.07 Å². The lowest BCUT2D eigenvalue weighted by atomic mass is 9.83. The number of likely N-dealkylation sites (tertiary alicyclic amines) is 1. The third kappa shape index (κ3) is 2.98. The highest BCUT2D eigenvalue weighted by Crippen LogP contribution is 2.31. The number of nitrogens with zero attached hydrogens (tertiary/aromatic N) is 5. The first-order chi connectivity index (χ1) is 13.2. The van der Waals surface area contributed by atoms with Crippen LogP contribution in [0.2, 0.25) is 0 Å². The number of rotatable bonds is 3. The largest absolute Gasteiger partial charge is 0.370 e. The van der Waals surface area contributed by atoms with Crippen LogP contribution in [0.4, 0.5) is 5.69 Å². The summed E-state index contributed by atoms with van der Waals surface area (Å²) in [6.07, 6.45) is 3.45. The molecule has 0 radical (unpaired) electrons. The van der Waals surface area contributed by atoms with Gasteiger partial charge in [-0.1, -0.05) is 0 Å². The number of hydrogen-bond donors (Lipinski definition) is 1. The van der Waals surface area contributed by atoms with Crippen molar-refractivity contribution in [2.75, 3.05) is 44.2 Å². The van der Waals surface area contributed by atoms with Crippen molar-refractivity contribution < 1.29 is 4.74 Å². The van der Waals surface area contributed by atoms with Crippen LogP contribution < -0.4 is 10.2 Å². The molecule has 4 atom stereocenters. The van der Waals surface area contributed by atoms with E-state index in [2.05, 4.69) is 39.3 Å². The summed E-state index contributed by atoms with van der Waals surface area (Å²) >= 11 is 0. The molecule has 3 saturated heterocycles. The number of nitriles is 1. The minimum Gasteiger partial charge on any atom is -0.370 e. The molecule has 3 aliphatic rings. The van der Waals surface area contributed by atoms with Gasteiger partial charge >= 0.3 is 0 Å². The van der Waals surface area contributed by atoms with Crippen molar-refractivity contribution in [1.82, 2.24) is 19.8 Å². The molecule has 0 aliphatic carbocycles. The van der Waals surface area contributed by atoms with Gasteiger partial charge < -0.3 is 15.0 Å². The molecule has 142 valence electrons. The zero-order chi connectivity index (χ0) is 18.4. The Balaban J connectivity index is 1.34. The van der Waals surface area contributed by atoms with Crippen molar-refractivity contribution in [3.05, 3.63) is 30.1 Å². The maximum absolute atomic E-state index is 9.31. The van der Waals surface area contributed by atoms with Crippen LogP contribution in [-0.2, 0) is 4.74 Å². The van der Waals surface area contributed by atoms with Crippen LogP contribution in [0, 0.1) is 17.2 Å². The monoisotopic (exact) mass is 366 g/mol. The zero-order valence-electron chi connectivity index (χ0n) is 15.7.